The molecule has 2 aromatic heterocycles. The van der Waals surface area contributed by atoms with Crippen LogP contribution in [-0.2, 0) is 0 Å². The van der Waals surface area contributed by atoms with Gasteiger partial charge in [0.15, 0.2) is 0 Å². The lowest BCUT2D eigenvalue weighted by molar-refractivity contribution is 0.415. The number of aryl methyl sites for hydroxylation is 2. The summed E-state index contributed by atoms with van der Waals surface area (Å²) in [5, 5.41) is 1.02. The van der Waals surface area contributed by atoms with E-state index in [2.05, 4.69) is 79.1 Å². The molecule has 0 spiro atoms. The molecule has 0 atom stereocenters. The van der Waals surface area contributed by atoms with Gasteiger partial charge in [-0.15, -0.1) is 11.3 Å². The lowest BCUT2D eigenvalue weighted by Gasteiger charge is -2.13. The third kappa shape index (κ3) is 3.29. The van der Waals surface area contributed by atoms with Crippen LogP contribution in [0, 0.1) is 13.8 Å². The SMILES string of the molecule is COc1ccc2nc(-c3ccc(-n4c(C)ccc4-c4ccc(C)cc4)cc3)sc2c1. The summed E-state index contributed by atoms with van der Waals surface area (Å²) in [6.45, 7) is 4.26. The van der Waals surface area contributed by atoms with E-state index in [-0.39, 0.29) is 0 Å². The summed E-state index contributed by atoms with van der Waals surface area (Å²) < 4.78 is 8.77. The van der Waals surface area contributed by atoms with Gasteiger partial charge >= 0.3 is 0 Å². The summed E-state index contributed by atoms with van der Waals surface area (Å²) in [6, 6.07) is 27.7. The zero-order valence-corrected chi connectivity index (χ0v) is 18.0. The number of ether oxygens (including phenoxy) is 1. The first-order chi connectivity index (χ1) is 14.6. The summed E-state index contributed by atoms with van der Waals surface area (Å²) in [7, 11) is 1.69. The minimum atomic E-state index is 0.861. The Labute approximate surface area is 180 Å². The molecule has 5 rings (SSSR count). The maximum atomic E-state index is 5.34. The molecule has 2 heterocycles. The second kappa shape index (κ2) is 7.47. The van der Waals surface area contributed by atoms with Crippen molar-refractivity contribution in [1.29, 1.82) is 0 Å². The van der Waals surface area contributed by atoms with Gasteiger partial charge in [-0.3, -0.25) is 0 Å². The molecule has 0 aliphatic rings. The van der Waals surface area contributed by atoms with E-state index in [1.54, 1.807) is 18.4 Å². The first-order valence-corrected chi connectivity index (χ1v) is 10.7. The van der Waals surface area contributed by atoms with Crippen LogP contribution in [0.2, 0.25) is 0 Å². The van der Waals surface area contributed by atoms with Gasteiger partial charge in [-0.2, -0.15) is 0 Å². The Hall–Kier alpha value is -3.37. The molecular weight excluding hydrogens is 388 g/mol. The fourth-order valence-electron chi connectivity index (χ4n) is 3.74. The van der Waals surface area contributed by atoms with Crippen LogP contribution in [0.4, 0.5) is 0 Å². The standard InChI is InChI=1S/C26H22N2OS/c1-17-4-7-19(8-5-17)24-15-6-18(2)28(24)21-11-9-20(10-12-21)26-27-23-14-13-22(29-3)16-25(23)30-26/h4-16H,1-3H3. The van der Waals surface area contributed by atoms with Gasteiger partial charge in [-0.25, -0.2) is 4.98 Å². The van der Waals surface area contributed by atoms with E-state index in [0.29, 0.717) is 0 Å². The molecule has 0 unspecified atom stereocenters. The summed E-state index contributed by atoms with van der Waals surface area (Å²) in [6.07, 6.45) is 0. The average molecular weight is 411 g/mol. The van der Waals surface area contributed by atoms with Crippen LogP contribution < -0.4 is 4.74 Å². The summed E-state index contributed by atoms with van der Waals surface area (Å²) in [4.78, 5) is 4.80. The Morgan fingerprint density at radius 1 is 0.800 bits per heavy atom. The van der Waals surface area contributed by atoms with Crippen LogP contribution in [0.25, 0.3) is 37.7 Å². The number of nitrogens with zero attached hydrogens (tertiary/aromatic N) is 2. The highest BCUT2D eigenvalue weighted by molar-refractivity contribution is 7.21. The molecule has 5 aromatic rings. The predicted octanol–water partition coefficient (Wildman–Crippen LogP) is 7.05. The van der Waals surface area contributed by atoms with E-state index in [0.717, 1.165) is 32.2 Å². The number of thiazole rings is 1. The van der Waals surface area contributed by atoms with Crippen molar-refractivity contribution in [2.24, 2.45) is 0 Å². The predicted molar refractivity (Wildman–Crippen MR) is 126 cm³/mol. The van der Waals surface area contributed by atoms with Crippen molar-refractivity contribution in [3.05, 3.63) is 90.1 Å². The first-order valence-electron chi connectivity index (χ1n) is 9.93. The van der Waals surface area contributed by atoms with Gasteiger partial charge in [0, 0.05) is 16.9 Å². The smallest absolute Gasteiger partial charge is 0.124 e. The summed E-state index contributed by atoms with van der Waals surface area (Å²) in [5.74, 6) is 0.861. The van der Waals surface area contributed by atoms with Gasteiger partial charge in [0.05, 0.1) is 23.0 Å². The molecular formula is C26H22N2OS. The van der Waals surface area contributed by atoms with Gasteiger partial charge in [-0.1, -0.05) is 29.8 Å². The van der Waals surface area contributed by atoms with Gasteiger partial charge in [0.1, 0.15) is 10.8 Å². The molecule has 4 heteroatoms. The molecule has 0 N–H and O–H groups in total. The molecule has 0 aliphatic carbocycles. The van der Waals surface area contributed by atoms with Crippen LogP contribution in [0.5, 0.6) is 5.75 Å². The maximum Gasteiger partial charge on any atom is 0.124 e. The molecule has 0 saturated heterocycles. The summed E-state index contributed by atoms with van der Waals surface area (Å²) in [5.41, 5.74) is 8.19. The van der Waals surface area contributed by atoms with Crippen LogP contribution in [0.3, 0.4) is 0 Å². The lowest BCUT2D eigenvalue weighted by atomic mass is 10.1. The first kappa shape index (κ1) is 18.6. The van der Waals surface area contributed by atoms with Gasteiger partial charge in [0.2, 0.25) is 0 Å². The van der Waals surface area contributed by atoms with Crippen LogP contribution in [0.15, 0.2) is 78.9 Å². The number of rotatable bonds is 4. The lowest BCUT2D eigenvalue weighted by Crippen LogP contribution is -1.98. The molecule has 0 fully saturated rings. The Morgan fingerprint density at radius 2 is 1.53 bits per heavy atom. The number of aromatic nitrogens is 2. The monoisotopic (exact) mass is 410 g/mol. The maximum absolute atomic E-state index is 5.34. The molecule has 3 nitrogen and oxygen atoms in total. The minimum absolute atomic E-state index is 0.861. The highest BCUT2D eigenvalue weighted by Gasteiger charge is 2.11. The Morgan fingerprint density at radius 3 is 2.27 bits per heavy atom. The molecule has 0 bridgehead atoms. The Kier molecular flexibility index (Phi) is 4.64. The van der Waals surface area contributed by atoms with E-state index >= 15 is 0 Å². The molecule has 148 valence electrons. The highest BCUT2D eigenvalue weighted by atomic mass is 32.1. The van der Waals surface area contributed by atoms with Crippen LogP contribution >= 0.6 is 11.3 Å². The Balaban J connectivity index is 1.52. The van der Waals surface area contributed by atoms with Crippen LogP contribution in [0.1, 0.15) is 11.3 Å². The van der Waals surface area contributed by atoms with E-state index in [4.69, 9.17) is 9.72 Å². The second-order valence-electron chi connectivity index (χ2n) is 7.46. The number of hydrogen-bond acceptors (Lipinski definition) is 3. The number of fused-ring (bicyclic) bond motifs is 1. The van der Waals surface area contributed by atoms with Crippen molar-refractivity contribution in [1.82, 2.24) is 9.55 Å². The van der Waals surface area contributed by atoms with Gasteiger partial charge in [0.25, 0.3) is 0 Å². The quantitative estimate of drug-likeness (QED) is 0.317. The summed E-state index contributed by atoms with van der Waals surface area (Å²) >= 11 is 1.69. The van der Waals surface area contributed by atoms with Gasteiger partial charge < -0.3 is 9.30 Å². The van der Waals surface area contributed by atoms with Gasteiger partial charge in [-0.05, 0) is 74.0 Å². The van der Waals surface area contributed by atoms with E-state index in [1.165, 1.54) is 22.5 Å². The molecule has 0 aliphatic heterocycles. The molecule has 0 radical (unpaired) electrons. The normalized spacial score (nSPS) is 11.2. The zero-order valence-electron chi connectivity index (χ0n) is 17.2. The van der Waals surface area contributed by atoms with Crippen molar-refractivity contribution in [3.63, 3.8) is 0 Å². The number of hydrogen-bond donors (Lipinski definition) is 0. The van der Waals surface area contributed by atoms with Crippen molar-refractivity contribution in [2.75, 3.05) is 7.11 Å². The van der Waals surface area contributed by atoms with Crippen molar-refractivity contribution < 1.29 is 4.74 Å². The average Bonchev–Trinajstić information content (AvgIpc) is 3.37. The highest BCUT2D eigenvalue weighted by Crippen LogP contribution is 2.33. The topological polar surface area (TPSA) is 27.1 Å². The molecule has 3 aromatic carbocycles. The minimum Gasteiger partial charge on any atom is -0.497 e. The largest absolute Gasteiger partial charge is 0.497 e. The zero-order chi connectivity index (χ0) is 20.7. The number of benzene rings is 3. The fraction of sp³-hybridized carbons (Fsp3) is 0.115. The third-order valence-electron chi connectivity index (χ3n) is 5.39. The number of methoxy groups -OCH3 is 1. The second-order valence-corrected chi connectivity index (χ2v) is 8.49. The Bertz CT molecular complexity index is 1330. The van der Waals surface area contributed by atoms with Crippen molar-refractivity contribution in [2.45, 2.75) is 13.8 Å². The van der Waals surface area contributed by atoms with E-state index < -0.39 is 0 Å². The molecule has 30 heavy (non-hydrogen) atoms. The van der Waals surface area contributed by atoms with E-state index in [1.807, 2.05) is 18.2 Å². The van der Waals surface area contributed by atoms with Crippen molar-refractivity contribution in [3.8, 4) is 33.3 Å². The van der Waals surface area contributed by atoms with Crippen molar-refractivity contribution >= 4 is 21.6 Å². The molecule has 0 saturated carbocycles. The fourth-order valence-corrected chi connectivity index (χ4v) is 4.74. The molecule has 0 amide bonds. The third-order valence-corrected chi connectivity index (χ3v) is 6.46. The van der Waals surface area contributed by atoms with E-state index in [9.17, 15) is 0 Å². The van der Waals surface area contributed by atoms with Crippen LogP contribution in [-0.4, -0.2) is 16.7 Å².